The van der Waals surface area contributed by atoms with Gasteiger partial charge in [-0.1, -0.05) is 41.7 Å². The van der Waals surface area contributed by atoms with E-state index < -0.39 is 11.5 Å². The lowest BCUT2D eigenvalue weighted by Gasteiger charge is -2.19. The minimum Gasteiger partial charge on any atom is -0.494 e. The summed E-state index contributed by atoms with van der Waals surface area (Å²) < 4.78 is 11.8. The fourth-order valence-corrected chi connectivity index (χ4v) is 4.66. The maximum atomic E-state index is 13.7. The van der Waals surface area contributed by atoms with Gasteiger partial charge in [-0.25, -0.2) is 9.78 Å². The third-order valence-electron chi connectivity index (χ3n) is 5.31. The zero-order valence-corrected chi connectivity index (χ0v) is 18.8. The van der Waals surface area contributed by atoms with Crippen LogP contribution >= 0.6 is 11.3 Å². The van der Waals surface area contributed by atoms with E-state index in [-0.39, 0.29) is 12.1 Å². The highest BCUT2D eigenvalue weighted by molar-refractivity contribution is 7.22. The monoisotopic (exact) mass is 457 g/mol. The Labute approximate surface area is 192 Å². The van der Waals surface area contributed by atoms with E-state index in [2.05, 4.69) is 4.98 Å². The molecule has 0 spiro atoms. The van der Waals surface area contributed by atoms with Gasteiger partial charge in [-0.05, 0) is 42.8 Å². The highest BCUT2D eigenvalue weighted by Gasteiger charge is 2.26. The van der Waals surface area contributed by atoms with Gasteiger partial charge in [0.15, 0.2) is 5.13 Å². The van der Waals surface area contributed by atoms with Crippen LogP contribution in [-0.2, 0) is 6.54 Å². The van der Waals surface area contributed by atoms with Crippen LogP contribution in [0.3, 0.4) is 0 Å². The molecule has 0 aliphatic carbocycles. The first-order chi connectivity index (χ1) is 16.0. The molecule has 0 aliphatic heterocycles. The normalized spacial score (nSPS) is 11.1. The van der Waals surface area contributed by atoms with Crippen LogP contribution in [0.1, 0.15) is 21.6 Å². The Morgan fingerprint density at radius 1 is 1.12 bits per heavy atom. The van der Waals surface area contributed by atoms with E-state index >= 15 is 0 Å². The molecule has 0 bridgehead atoms. The summed E-state index contributed by atoms with van der Waals surface area (Å²) in [5.74, 6) is 0.115. The molecule has 2 aromatic carbocycles. The number of pyridine rings is 1. The van der Waals surface area contributed by atoms with Gasteiger partial charge >= 0.3 is 5.63 Å². The first-order valence-electron chi connectivity index (χ1n) is 10.2. The van der Waals surface area contributed by atoms with Crippen molar-refractivity contribution in [1.29, 1.82) is 0 Å². The van der Waals surface area contributed by atoms with E-state index in [4.69, 9.17) is 14.1 Å². The number of aromatic nitrogens is 2. The van der Waals surface area contributed by atoms with Crippen LogP contribution in [0.4, 0.5) is 5.13 Å². The molecule has 3 aromatic heterocycles. The molecule has 0 atom stereocenters. The number of anilines is 1. The summed E-state index contributed by atoms with van der Waals surface area (Å²) in [6.45, 7) is 2.12. The van der Waals surface area contributed by atoms with Crippen molar-refractivity contribution in [3.8, 4) is 5.75 Å². The van der Waals surface area contributed by atoms with Gasteiger partial charge < -0.3 is 9.15 Å². The Hall–Kier alpha value is -4.04. The minimum atomic E-state index is -0.695. The number of hydrogen-bond acceptors (Lipinski definition) is 7. The van der Waals surface area contributed by atoms with Crippen molar-refractivity contribution in [3.63, 3.8) is 0 Å². The second kappa shape index (κ2) is 8.48. The number of rotatable bonds is 5. The van der Waals surface area contributed by atoms with Crippen molar-refractivity contribution in [2.45, 2.75) is 13.5 Å². The third kappa shape index (κ3) is 3.85. The standard InChI is InChI=1S/C25H19N3O4S/c1-15-10-11-20(31-2)21-22(15)33-25(27-21)28(14-17-8-5-6-12-26-17)23(29)18-13-16-7-3-4-9-19(16)32-24(18)30/h3-13H,14H2,1-2H3. The maximum absolute atomic E-state index is 13.7. The summed E-state index contributed by atoms with van der Waals surface area (Å²) in [7, 11) is 1.58. The first kappa shape index (κ1) is 20.8. The van der Waals surface area contributed by atoms with Crippen LogP contribution in [0.15, 0.2) is 76.1 Å². The smallest absolute Gasteiger partial charge is 0.349 e. The number of carbonyl (C=O) groups is 1. The number of aryl methyl sites for hydroxylation is 1. The Morgan fingerprint density at radius 2 is 1.94 bits per heavy atom. The lowest BCUT2D eigenvalue weighted by Crippen LogP contribution is -2.34. The molecular weight excluding hydrogens is 438 g/mol. The van der Waals surface area contributed by atoms with Crippen LogP contribution < -0.4 is 15.3 Å². The van der Waals surface area contributed by atoms with Gasteiger partial charge in [0, 0.05) is 11.6 Å². The second-order valence-electron chi connectivity index (χ2n) is 7.46. The number of amides is 1. The van der Waals surface area contributed by atoms with Gasteiger partial charge in [-0.3, -0.25) is 14.7 Å². The molecular formula is C25H19N3O4S. The van der Waals surface area contributed by atoms with Crippen molar-refractivity contribution in [2.75, 3.05) is 12.0 Å². The van der Waals surface area contributed by atoms with Gasteiger partial charge in [0.2, 0.25) is 0 Å². The van der Waals surface area contributed by atoms with Gasteiger partial charge in [-0.15, -0.1) is 0 Å². The van der Waals surface area contributed by atoms with Crippen molar-refractivity contribution in [3.05, 3.63) is 94.1 Å². The van der Waals surface area contributed by atoms with Crippen LogP contribution in [0, 0.1) is 6.92 Å². The number of carbonyl (C=O) groups excluding carboxylic acids is 1. The van der Waals surface area contributed by atoms with E-state index in [0.29, 0.717) is 33.1 Å². The molecule has 0 N–H and O–H groups in total. The molecule has 1 amide bonds. The highest BCUT2D eigenvalue weighted by atomic mass is 32.1. The zero-order chi connectivity index (χ0) is 22.9. The number of nitrogens with zero attached hydrogens (tertiary/aromatic N) is 3. The van der Waals surface area contributed by atoms with Crippen LogP contribution in [0.25, 0.3) is 21.2 Å². The molecule has 0 radical (unpaired) electrons. The van der Waals surface area contributed by atoms with Gasteiger partial charge in [-0.2, -0.15) is 0 Å². The summed E-state index contributed by atoms with van der Waals surface area (Å²) >= 11 is 1.37. The number of ether oxygens (including phenoxy) is 1. The largest absolute Gasteiger partial charge is 0.494 e. The van der Waals surface area contributed by atoms with Gasteiger partial charge in [0.1, 0.15) is 22.4 Å². The Morgan fingerprint density at radius 3 is 2.73 bits per heavy atom. The molecule has 0 fully saturated rings. The molecule has 33 heavy (non-hydrogen) atoms. The number of para-hydroxylation sites is 1. The average Bonchev–Trinajstić information content (AvgIpc) is 3.29. The first-order valence-corrected chi connectivity index (χ1v) is 11.1. The molecule has 164 valence electrons. The lowest BCUT2D eigenvalue weighted by molar-refractivity contribution is 0.0981. The van der Waals surface area contributed by atoms with Gasteiger partial charge in [0.25, 0.3) is 5.91 Å². The summed E-state index contributed by atoms with van der Waals surface area (Å²) in [4.78, 5) is 37.0. The van der Waals surface area contributed by atoms with Crippen molar-refractivity contribution < 1.29 is 13.9 Å². The number of benzene rings is 2. The van der Waals surface area contributed by atoms with Gasteiger partial charge in [0.05, 0.1) is 24.0 Å². The fraction of sp³-hybridized carbons (Fsp3) is 0.120. The van der Waals surface area contributed by atoms with E-state index in [1.165, 1.54) is 16.2 Å². The number of hydrogen-bond donors (Lipinski definition) is 0. The lowest BCUT2D eigenvalue weighted by atomic mass is 10.1. The quantitative estimate of drug-likeness (QED) is 0.347. The van der Waals surface area contributed by atoms with Crippen LogP contribution in [-0.4, -0.2) is 23.0 Å². The molecule has 3 heterocycles. The molecule has 7 nitrogen and oxygen atoms in total. The van der Waals surface area contributed by atoms with E-state index in [1.807, 2.05) is 37.3 Å². The van der Waals surface area contributed by atoms with E-state index in [1.54, 1.807) is 43.6 Å². The van der Waals surface area contributed by atoms with E-state index in [0.717, 1.165) is 10.3 Å². The minimum absolute atomic E-state index is 0.0624. The number of methoxy groups -OCH3 is 1. The molecule has 5 aromatic rings. The number of thiazole rings is 1. The maximum Gasteiger partial charge on any atom is 0.349 e. The van der Waals surface area contributed by atoms with Crippen molar-refractivity contribution in [2.24, 2.45) is 0 Å². The molecule has 8 heteroatoms. The SMILES string of the molecule is COc1ccc(C)c2sc(N(Cc3ccccn3)C(=O)c3cc4ccccc4oc3=O)nc12. The van der Waals surface area contributed by atoms with Crippen LogP contribution in [0.5, 0.6) is 5.75 Å². The Kier molecular flexibility index (Phi) is 5.35. The average molecular weight is 458 g/mol. The Balaban J connectivity index is 1.66. The highest BCUT2D eigenvalue weighted by Crippen LogP contribution is 2.37. The summed E-state index contributed by atoms with van der Waals surface area (Å²) in [5, 5.41) is 1.11. The Bertz CT molecular complexity index is 1540. The predicted octanol–water partition coefficient (Wildman–Crippen LogP) is 4.96. The zero-order valence-electron chi connectivity index (χ0n) is 17.9. The molecule has 0 saturated heterocycles. The molecule has 0 unspecified atom stereocenters. The summed E-state index contributed by atoms with van der Waals surface area (Å²) in [6, 6.07) is 17.9. The van der Waals surface area contributed by atoms with Crippen molar-refractivity contribution in [1.82, 2.24) is 9.97 Å². The second-order valence-corrected chi connectivity index (χ2v) is 8.43. The van der Waals surface area contributed by atoms with Crippen LogP contribution in [0.2, 0.25) is 0 Å². The van der Waals surface area contributed by atoms with E-state index in [9.17, 15) is 9.59 Å². The predicted molar refractivity (Wildman–Crippen MR) is 128 cm³/mol. The number of fused-ring (bicyclic) bond motifs is 2. The fourth-order valence-electron chi connectivity index (χ4n) is 3.61. The third-order valence-corrected chi connectivity index (χ3v) is 6.52. The summed E-state index contributed by atoms with van der Waals surface area (Å²) in [6.07, 6.45) is 1.66. The molecule has 5 rings (SSSR count). The van der Waals surface area contributed by atoms with Crippen molar-refractivity contribution >= 4 is 43.6 Å². The summed E-state index contributed by atoms with van der Waals surface area (Å²) in [5.41, 5.74) is 2.02. The molecule has 0 aliphatic rings. The molecule has 0 saturated carbocycles. The topological polar surface area (TPSA) is 85.5 Å².